The van der Waals surface area contributed by atoms with Crippen molar-refractivity contribution in [3.8, 4) is 11.5 Å². The average Bonchev–Trinajstić information content (AvgIpc) is 2.93. The lowest BCUT2D eigenvalue weighted by Gasteiger charge is -2.47. The Morgan fingerprint density at radius 3 is 2.28 bits per heavy atom. The molecule has 2 aromatic rings. The van der Waals surface area contributed by atoms with E-state index in [4.69, 9.17) is 19.9 Å². The van der Waals surface area contributed by atoms with Crippen molar-refractivity contribution in [3.63, 3.8) is 0 Å². The highest BCUT2D eigenvalue weighted by Crippen LogP contribution is 2.38. The molecule has 2 aromatic carbocycles. The number of nitrogens with two attached hydrogens (primary N) is 1. The molecule has 0 radical (unpaired) electrons. The number of carbonyl (C=O) groups excluding carboxylic acids is 1. The van der Waals surface area contributed by atoms with E-state index in [0.717, 1.165) is 68.9 Å². The van der Waals surface area contributed by atoms with Gasteiger partial charge in [-0.2, -0.15) is 0 Å². The summed E-state index contributed by atoms with van der Waals surface area (Å²) in [7, 11) is 3.32. The summed E-state index contributed by atoms with van der Waals surface area (Å²) in [6.07, 6.45) is 4.62. The van der Waals surface area contributed by atoms with E-state index >= 15 is 0 Å². The van der Waals surface area contributed by atoms with E-state index in [1.165, 1.54) is 5.56 Å². The van der Waals surface area contributed by atoms with Crippen LogP contribution in [0.5, 0.6) is 11.5 Å². The number of hydrogen-bond donors (Lipinski definition) is 2. The molecule has 0 bridgehead atoms. The number of primary amides is 1. The molecule has 0 saturated carbocycles. The molecule has 0 spiro atoms. The predicted molar refractivity (Wildman–Crippen MR) is 141 cm³/mol. The van der Waals surface area contributed by atoms with Crippen molar-refractivity contribution in [2.24, 2.45) is 11.7 Å². The number of nitrogens with zero attached hydrogens (tertiary/aromatic N) is 1. The number of benzene rings is 2. The lowest BCUT2D eigenvalue weighted by atomic mass is 9.72. The van der Waals surface area contributed by atoms with Gasteiger partial charge in [0.2, 0.25) is 5.91 Å². The summed E-state index contributed by atoms with van der Waals surface area (Å²) in [6, 6.07) is 16.8. The largest absolute Gasteiger partial charge is 0.497 e. The van der Waals surface area contributed by atoms with Crippen LogP contribution in [0.25, 0.3) is 0 Å². The molecule has 2 fully saturated rings. The first-order chi connectivity index (χ1) is 17.5. The molecular formula is C29H41N3O4. The van der Waals surface area contributed by atoms with Crippen molar-refractivity contribution in [1.29, 1.82) is 0 Å². The highest BCUT2D eigenvalue weighted by atomic mass is 16.5. The van der Waals surface area contributed by atoms with E-state index in [1.807, 2.05) is 18.2 Å². The maximum Gasteiger partial charge on any atom is 0.219 e. The van der Waals surface area contributed by atoms with Gasteiger partial charge in [-0.15, -0.1) is 0 Å². The Morgan fingerprint density at radius 2 is 1.69 bits per heavy atom. The minimum absolute atomic E-state index is 0.0634. The van der Waals surface area contributed by atoms with Gasteiger partial charge in [-0.05, 0) is 81.0 Å². The molecule has 2 aliphatic heterocycles. The van der Waals surface area contributed by atoms with Gasteiger partial charge in [-0.1, -0.05) is 30.3 Å². The lowest BCUT2D eigenvalue weighted by molar-refractivity contribution is -0.120. The first-order valence-corrected chi connectivity index (χ1v) is 13.1. The van der Waals surface area contributed by atoms with Gasteiger partial charge in [-0.3, -0.25) is 9.69 Å². The molecule has 0 aromatic heterocycles. The van der Waals surface area contributed by atoms with Gasteiger partial charge in [-0.25, -0.2) is 0 Å². The van der Waals surface area contributed by atoms with E-state index in [2.05, 4.69) is 40.5 Å². The highest BCUT2D eigenvalue weighted by Gasteiger charge is 2.40. The van der Waals surface area contributed by atoms with Crippen LogP contribution in [0.1, 0.15) is 43.2 Å². The number of methoxy groups -OCH3 is 2. The number of nitrogens with one attached hydrogen (secondary N) is 1. The van der Waals surface area contributed by atoms with E-state index in [-0.39, 0.29) is 17.4 Å². The quantitative estimate of drug-likeness (QED) is 0.496. The van der Waals surface area contributed by atoms with Crippen LogP contribution in [0.3, 0.4) is 0 Å². The van der Waals surface area contributed by atoms with E-state index in [1.54, 1.807) is 14.2 Å². The Balaban J connectivity index is 1.46. The van der Waals surface area contributed by atoms with Crippen LogP contribution in [0.4, 0.5) is 0 Å². The molecule has 1 amide bonds. The summed E-state index contributed by atoms with van der Waals surface area (Å²) in [5.74, 6) is 1.84. The van der Waals surface area contributed by atoms with Gasteiger partial charge >= 0.3 is 0 Å². The molecular weight excluding hydrogens is 454 g/mol. The molecule has 196 valence electrons. The van der Waals surface area contributed by atoms with E-state index in [9.17, 15) is 4.79 Å². The molecule has 2 aliphatic rings. The molecule has 36 heavy (non-hydrogen) atoms. The highest BCUT2D eigenvalue weighted by molar-refractivity contribution is 5.74. The summed E-state index contributed by atoms with van der Waals surface area (Å²) in [5, 5.41) is 3.44. The van der Waals surface area contributed by atoms with E-state index < -0.39 is 0 Å². The Hall–Kier alpha value is -2.61. The minimum Gasteiger partial charge on any atom is -0.497 e. The predicted octanol–water partition coefficient (Wildman–Crippen LogP) is 3.50. The zero-order valence-corrected chi connectivity index (χ0v) is 21.7. The molecule has 7 nitrogen and oxygen atoms in total. The lowest BCUT2D eigenvalue weighted by Crippen LogP contribution is -2.53. The van der Waals surface area contributed by atoms with Gasteiger partial charge in [0.1, 0.15) is 11.5 Å². The van der Waals surface area contributed by atoms with Crippen molar-refractivity contribution in [2.75, 3.05) is 47.0 Å². The number of likely N-dealkylation sites (tertiary alicyclic amines) is 1. The monoisotopic (exact) mass is 495 g/mol. The number of carbonyl (C=O) groups is 1. The molecule has 0 aliphatic carbocycles. The maximum atomic E-state index is 12.0. The van der Waals surface area contributed by atoms with Crippen molar-refractivity contribution in [3.05, 3.63) is 59.7 Å². The van der Waals surface area contributed by atoms with Crippen LogP contribution in [0, 0.1) is 5.92 Å². The minimum atomic E-state index is -0.199. The van der Waals surface area contributed by atoms with Crippen LogP contribution in [-0.4, -0.2) is 63.9 Å². The van der Waals surface area contributed by atoms with E-state index in [0.29, 0.717) is 25.6 Å². The Labute approximate surface area is 215 Å². The third-order valence-electron chi connectivity index (χ3n) is 8.01. The van der Waals surface area contributed by atoms with Crippen molar-refractivity contribution in [2.45, 2.75) is 50.2 Å². The smallest absolute Gasteiger partial charge is 0.219 e. The van der Waals surface area contributed by atoms with Gasteiger partial charge in [0.25, 0.3) is 0 Å². The van der Waals surface area contributed by atoms with Crippen molar-refractivity contribution >= 4 is 5.91 Å². The van der Waals surface area contributed by atoms with Gasteiger partial charge < -0.3 is 25.3 Å². The summed E-state index contributed by atoms with van der Waals surface area (Å²) in [5.41, 5.74) is 7.98. The first kappa shape index (κ1) is 26.5. The van der Waals surface area contributed by atoms with Crippen LogP contribution >= 0.6 is 0 Å². The molecule has 4 rings (SSSR count). The van der Waals surface area contributed by atoms with Crippen LogP contribution in [-0.2, 0) is 21.6 Å². The fraction of sp³-hybridized carbons (Fsp3) is 0.552. The number of ether oxygens (including phenoxy) is 3. The summed E-state index contributed by atoms with van der Waals surface area (Å²) >= 11 is 0. The SMILES string of the molecule is COc1cc(COCC2(c3ccccc3)CCN(C(CC(N)=O)C3CCNCC3)CC2)cc(OC)c1. The zero-order valence-electron chi connectivity index (χ0n) is 21.7. The van der Waals surface area contributed by atoms with Crippen molar-refractivity contribution in [1.82, 2.24) is 10.2 Å². The summed E-state index contributed by atoms with van der Waals surface area (Å²) < 4.78 is 17.2. The zero-order chi connectivity index (χ0) is 25.4. The Kier molecular flexibility index (Phi) is 9.24. The number of piperidine rings is 2. The summed E-state index contributed by atoms with van der Waals surface area (Å²) in [4.78, 5) is 14.5. The normalized spacial score (nSPS) is 19.5. The number of rotatable bonds is 11. The third kappa shape index (κ3) is 6.58. The van der Waals surface area contributed by atoms with Gasteiger partial charge in [0.05, 0.1) is 27.4 Å². The average molecular weight is 496 g/mol. The van der Waals surface area contributed by atoms with Crippen LogP contribution < -0.4 is 20.5 Å². The Morgan fingerprint density at radius 1 is 1.06 bits per heavy atom. The second-order valence-electron chi connectivity index (χ2n) is 10.2. The number of amides is 1. The van der Waals surface area contributed by atoms with Crippen LogP contribution in [0.15, 0.2) is 48.5 Å². The van der Waals surface area contributed by atoms with Crippen LogP contribution in [0.2, 0.25) is 0 Å². The molecule has 3 N–H and O–H groups in total. The second kappa shape index (κ2) is 12.6. The molecule has 1 unspecified atom stereocenters. The van der Waals surface area contributed by atoms with Gasteiger partial charge in [0, 0.05) is 23.9 Å². The topological polar surface area (TPSA) is 86.0 Å². The van der Waals surface area contributed by atoms with Crippen molar-refractivity contribution < 1.29 is 19.0 Å². The first-order valence-electron chi connectivity index (χ1n) is 13.1. The summed E-state index contributed by atoms with van der Waals surface area (Å²) in [6.45, 7) is 5.04. The van der Waals surface area contributed by atoms with Gasteiger partial charge in [0.15, 0.2) is 0 Å². The second-order valence-corrected chi connectivity index (χ2v) is 10.2. The molecule has 1 atom stereocenters. The standard InChI is InChI=1S/C29H41N3O4/c1-34-25-16-22(17-26(18-25)35-2)20-36-21-29(24-6-4-3-5-7-24)10-14-32(15-11-29)27(19-28(30)33)23-8-12-31-13-9-23/h3-7,16-18,23,27,31H,8-15,19-21H2,1-2H3,(H2,30,33). The fourth-order valence-corrected chi connectivity index (χ4v) is 5.93. The fourth-order valence-electron chi connectivity index (χ4n) is 5.93. The molecule has 7 heteroatoms. The maximum absolute atomic E-state index is 12.0. The molecule has 2 saturated heterocycles. The number of hydrogen-bond acceptors (Lipinski definition) is 6. The Bertz CT molecular complexity index is 947. The third-order valence-corrected chi connectivity index (χ3v) is 8.01. The molecule has 2 heterocycles.